The largest absolute Gasteiger partial charge is 0.441 e. The molecule has 2 amide bonds. The molecule has 6 nitrogen and oxygen atoms in total. The Morgan fingerprint density at radius 3 is 2.69 bits per heavy atom. The Kier molecular flexibility index (Phi) is 5.71. The van der Waals surface area contributed by atoms with Crippen LogP contribution in [0, 0.1) is 18.8 Å². The molecule has 1 heterocycles. The maximum absolute atomic E-state index is 12.4. The van der Waals surface area contributed by atoms with Crippen molar-refractivity contribution in [2.24, 2.45) is 17.6 Å². The summed E-state index contributed by atoms with van der Waals surface area (Å²) in [4.78, 5) is 28.3. The molecule has 138 valence electrons. The second-order valence-corrected chi connectivity index (χ2v) is 6.89. The molecule has 2 unspecified atom stereocenters. The topological polar surface area (TPSA) is 98.2 Å². The fourth-order valence-electron chi connectivity index (χ4n) is 3.50. The molecular weight excluding hydrogens is 330 g/mol. The van der Waals surface area contributed by atoms with Crippen molar-refractivity contribution >= 4 is 11.8 Å². The van der Waals surface area contributed by atoms with E-state index in [4.69, 9.17) is 10.2 Å². The minimum atomic E-state index is -0.297. The van der Waals surface area contributed by atoms with Crippen LogP contribution >= 0.6 is 0 Å². The van der Waals surface area contributed by atoms with Crippen molar-refractivity contribution in [1.82, 2.24) is 10.3 Å². The maximum Gasteiger partial charge on any atom is 0.226 e. The molecule has 3 rings (SSSR count). The number of nitrogens with two attached hydrogens (primary N) is 1. The lowest BCUT2D eigenvalue weighted by atomic mass is 9.80. The van der Waals surface area contributed by atoms with E-state index in [0.717, 1.165) is 36.3 Å². The van der Waals surface area contributed by atoms with Crippen LogP contribution in [0.4, 0.5) is 0 Å². The van der Waals surface area contributed by atoms with E-state index in [2.05, 4.69) is 10.3 Å². The lowest BCUT2D eigenvalue weighted by Crippen LogP contribution is -2.37. The normalized spacial score (nSPS) is 19.9. The average molecular weight is 355 g/mol. The van der Waals surface area contributed by atoms with Gasteiger partial charge in [-0.15, -0.1) is 0 Å². The standard InChI is InChI=1S/C20H25N3O3/c1-13-17(23-20(26-13)14-6-3-2-4-7-14)10-11-22-19(25)16-9-5-8-15(12-16)18(21)24/h2-4,6-7,15-16H,5,8-12H2,1H3,(H2,21,24)(H,22,25). The monoisotopic (exact) mass is 355 g/mol. The van der Waals surface area contributed by atoms with E-state index >= 15 is 0 Å². The van der Waals surface area contributed by atoms with Gasteiger partial charge in [0.15, 0.2) is 0 Å². The van der Waals surface area contributed by atoms with E-state index in [0.29, 0.717) is 25.3 Å². The zero-order valence-corrected chi connectivity index (χ0v) is 15.0. The maximum atomic E-state index is 12.4. The van der Waals surface area contributed by atoms with Gasteiger partial charge < -0.3 is 15.5 Å². The van der Waals surface area contributed by atoms with Crippen molar-refractivity contribution in [3.8, 4) is 11.5 Å². The first kappa shape index (κ1) is 18.2. The third-order valence-electron chi connectivity index (χ3n) is 5.02. The van der Waals surface area contributed by atoms with Gasteiger partial charge in [0.2, 0.25) is 17.7 Å². The summed E-state index contributed by atoms with van der Waals surface area (Å²) in [6.45, 7) is 2.38. The number of carbonyl (C=O) groups excluding carboxylic acids is 2. The van der Waals surface area contributed by atoms with Crippen molar-refractivity contribution in [3.63, 3.8) is 0 Å². The van der Waals surface area contributed by atoms with Crippen molar-refractivity contribution in [3.05, 3.63) is 41.8 Å². The molecule has 1 aromatic carbocycles. The highest BCUT2D eigenvalue weighted by atomic mass is 16.4. The first-order valence-corrected chi connectivity index (χ1v) is 9.13. The molecule has 2 aromatic rings. The quantitative estimate of drug-likeness (QED) is 0.832. The number of oxazole rings is 1. The van der Waals surface area contributed by atoms with Crippen LogP contribution in [-0.2, 0) is 16.0 Å². The van der Waals surface area contributed by atoms with E-state index < -0.39 is 0 Å². The summed E-state index contributed by atoms with van der Waals surface area (Å²) in [6, 6.07) is 9.74. The van der Waals surface area contributed by atoms with Crippen LogP contribution < -0.4 is 11.1 Å². The summed E-state index contributed by atoms with van der Waals surface area (Å²) in [5, 5.41) is 2.96. The van der Waals surface area contributed by atoms with Crippen LogP contribution in [0.2, 0.25) is 0 Å². The van der Waals surface area contributed by atoms with E-state index in [1.807, 2.05) is 37.3 Å². The molecule has 0 spiro atoms. The Bertz CT molecular complexity index is 770. The Labute approximate surface area is 153 Å². The summed E-state index contributed by atoms with van der Waals surface area (Å²) in [5.41, 5.74) is 7.17. The highest BCUT2D eigenvalue weighted by Crippen LogP contribution is 2.29. The van der Waals surface area contributed by atoms with Crippen molar-refractivity contribution < 1.29 is 14.0 Å². The van der Waals surface area contributed by atoms with E-state index in [1.54, 1.807) is 0 Å². The lowest BCUT2D eigenvalue weighted by molar-refractivity contribution is -0.128. The molecule has 0 aliphatic heterocycles. The van der Waals surface area contributed by atoms with Crippen LogP contribution in [-0.4, -0.2) is 23.3 Å². The van der Waals surface area contributed by atoms with E-state index in [9.17, 15) is 9.59 Å². The molecule has 1 aliphatic rings. The number of rotatable bonds is 6. The number of nitrogens with one attached hydrogen (secondary N) is 1. The van der Waals surface area contributed by atoms with Gasteiger partial charge in [-0.1, -0.05) is 24.6 Å². The number of benzene rings is 1. The summed E-state index contributed by atoms with van der Waals surface area (Å²) in [7, 11) is 0. The van der Waals surface area contributed by atoms with Crippen LogP contribution in [0.15, 0.2) is 34.7 Å². The van der Waals surface area contributed by atoms with Gasteiger partial charge >= 0.3 is 0 Å². The lowest BCUT2D eigenvalue weighted by Gasteiger charge is -2.26. The highest BCUT2D eigenvalue weighted by Gasteiger charge is 2.29. The zero-order chi connectivity index (χ0) is 18.5. The minimum Gasteiger partial charge on any atom is -0.441 e. The van der Waals surface area contributed by atoms with Crippen LogP contribution in [0.1, 0.15) is 37.1 Å². The minimum absolute atomic E-state index is 0.000353. The Morgan fingerprint density at radius 2 is 1.96 bits per heavy atom. The van der Waals surface area contributed by atoms with Crippen LogP contribution in [0.5, 0.6) is 0 Å². The molecule has 0 radical (unpaired) electrons. The zero-order valence-electron chi connectivity index (χ0n) is 15.0. The second-order valence-electron chi connectivity index (χ2n) is 6.89. The number of carbonyl (C=O) groups is 2. The van der Waals surface area contributed by atoms with Crippen molar-refractivity contribution in [2.45, 2.75) is 39.0 Å². The molecule has 1 aliphatic carbocycles. The van der Waals surface area contributed by atoms with Crippen LogP contribution in [0.25, 0.3) is 11.5 Å². The molecule has 0 saturated heterocycles. The number of hydrogen-bond donors (Lipinski definition) is 2. The Balaban J connectivity index is 1.53. The molecule has 1 saturated carbocycles. The van der Waals surface area contributed by atoms with Gasteiger partial charge in [0.05, 0.1) is 5.69 Å². The number of hydrogen-bond acceptors (Lipinski definition) is 4. The highest BCUT2D eigenvalue weighted by molar-refractivity contribution is 5.81. The van der Waals surface area contributed by atoms with Gasteiger partial charge in [-0.25, -0.2) is 4.98 Å². The SMILES string of the molecule is Cc1oc(-c2ccccc2)nc1CCNC(=O)C1CCCC(C(N)=O)C1. The molecule has 0 bridgehead atoms. The number of amides is 2. The first-order chi connectivity index (χ1) is 12.5. The molecule has 1 aromatic heterocycles. The Hall–Kier alpha value is -2.63. The predicted molar refractivity (Wildman–Crippen MR) is 98.0 cm³/mol. The van der Waals surface area contributed by atoms with E-state index in [-0.39, 0.29) is 23.7 Å². The van der Waals surface area contributed by atoms with Gasteiger partial charge in [-0.3, -0.25) is 9.59 Å². The summed E-state index contributed by atoms with van der Waals surface area (Å²) in [6.07, 6.45) is 3.65. The van der Waals surface area contributed by atoms with Gasteiger partial charge in [0, 0.05) is 30.4 Å². The fourth-order valence-corrected chi connectivity index (χ4v) is 3.50. The molecule has 6 heteroatoms. The van der Waals surface area contributed by atoms with Gasteiger partial charge in [-0.05, 0) is 38.3 Å². The number of aryl methyl sites for hydroxylation is 1. The molecule has 26 heavy (non-hydrogen) atoms. The number of primary amides is 1. The van der Waals surface area contributed by atoms with Gasteiger partial charge in [-0.2, -0.15) is 0 Å². The summed E-state index contributed by atoms with van der Waals surface area (Å²) < 4.78 is 5.74. The van der Waals surface area contributed by atoms with Gasteiger partial charge in [0.25, 0.3) is 0 Å². The molecular formula is C20H25N3O3. The number of aromatic nitrogens is 1. The third kappa shape index (κ3) is 4.31. The first-order valence-electron chi connectivity index (χ1n) is 9.13. The predicted octanol–water partition coefficient (Wildman–Crippen LogP) is 2.60. The second kappa shape index (κ2) is 8.17. The fraction of sp³-hybridized carbons (Fsp3) is 0.450. The molecule has 2 atom stereocenters. The third-order valence-corrected chi connectivity index (χ3v) is 5.02. The van der Waals surface area contributed by atoms with E-state index in [1.165, 1.54) is 0 Å². The summed E-state index contributed by atoms with van der Waals surface area (Å²) in [5.74, 6) is 0.769. The number of nitrogens with zero attached hydrogens (tertiary/aromatic N) is 1. The smallest absolute Gasteiger partial charge is 0.226 e. The average Bonchev–Trinajstić information content (AvgIpc) is 3.03. The summed E-state index contributed by atoms with van der Waals surface area (Å²) >= 11 is 0. The van der Waals surface area contributed by atoms with Gasteiger partial charge in [0.1, 0.15) is 5.76 Å². The molecule has 3 N–H and O–H groups in total. The van der Waals surface area contributed by atoms with Crippen LogP contribution in [0.3, 0.4) is 0 Å². The van der Waals surface area contributed by atoms with Crippen molar-refractivity contribution in [1.29, 1.82) is 0 Å². The molecule has 1 fully saturated rings. The van der Waals surface area contributed by atoms with Crippen molar-refractivity contribution in [2.75, 3.05) is 6.54 Å². The Morgan fingerprint density at radius 1 is 1.23 bits per heavy atom.